The quantitative estimate of drug-likeness (QED) is 0.856. The first kappa shape index (κ1) is 11.2. The first-order valence-corrected chi connectivity index (χ1v) is 7.16. The molecule has 0 bridgehead atoms. The molecular weight excluding hydrogens is 226 g/mol. The number of hydrogen-bond acceptors (Lipinski definition) is 5. The van der Waals surface area contributed by atoms with E-state index in [0.717, 1.165) is 11.5 Å². The van der Waals surface area contributed by atoms with Crippen LogP contribution in [0.2, 0.25) is 0 Å². The van der Waals surface area contributed by atoms with Gasteiger partial charge in [0.05, 0.1) is 10.9 Å². The third-order valence-electron chi connectivity index (χ3n) is 2.38. The molecule has 1 fully saturated rings. The summed E-state index contributed by atoms with van der Waals surface area (Å²) < 4.78 is 0. The van der Waals surface area contributed by atoms with E-state index in [0.29, 0.717) is 17.0 Å². The minimum Gasteiger partial charge on any atom is -0.325 e. The first-order chi connectivity index (χ1) is 7.31. The summed E-state index contributed by atoms with van der Waals surface area (Å²) in [6.07, 6.45) is 1.82. The molecule has 2 heterocycles. The van der Waals surface area contributed by atoms with Crippen molar-refractivity contribution in [2.75, 3.05) is 11.5 Å². The van der Waals surface area contributed by atoms with Crippen LogP contribution >= 0.6 is 23.5 Å². The Hall–Kier alpha value is -0.260. The van der Waals surface area contributed by atoms with Gasteiger partial charge in [-0.15, -0.1) is 11.8 Å². The Morgan fingerprint density at radius 3 is 3.00 bits per heavy atom. The van der Waals surface area contributed by atoms with Gasteiger partial charge in [0.2, 0.25) is 0 Å². The maximum Gasteiger partial charge on any atom is 0.142 e. The van der Waals surface area contributed by atoms with Crippen LogP contribution in [0.15, 0.2) is 12.3 Å². The van der Waals surface area contributed by atoms with E-state index in [4.69, 9.17) is 5.73 Å². The molecule has 0 radical (unpaired) electrons. The van der Waals surface area contributed by atoms with Gasteiger partial charge in [-0.3, -0.25) is 0 Å². The van der Waals surface area contributed by atoms with Crippen LogP contribution in [0.1, 0.15) is 23.7 Å². The summed E-state index contributed by atoms with van der Waals surface area (Å²) in [4.78, 5) is 8.86. The number of rotatable bonds is 2. The van der Waals surface area contributed by atoms with Crippen LogP contribution in [-0.4, -0.2) is 26.7 Å². The zero-order valence-corrected chi connectivity index (χ0v) is 10.4. The average molecular weight is 241 g/mol. The highest BCUT2D eigenvalue weighted by Gasteiger charge is 2.26. The van der Waals surface area contributed by atoms with Gasteiger partial charge in [0.15, 0.2) is 0 Å². The summed E-state index contributed by atoms with van der Waals surface area (Å²) in [7, 11) is 0. The lowest BCUT2D eigenvalue weighted by molar-refractivity contribution is 0.800. The first-order valence-electron chi connectivity index (χ1n) is 5.06. The van der Waals surface area contributed by atoms with Crippen LogP contribution in [0.3, 0.4) is 0 Å². The molecule has 1 saturated heterocycles. The zero-order chi connectivity index (χ0) is 10.7. The number of aromatic nitrogens is 2. The van der Waals surface area contributed by atoms with Crippen LogP contribution in [0.5, 0.6) is 0 Å². The SMILES string of the molecule is CC1SCCSC1c1nccc(CN)n1. The summed E-state index contributed by atoms with van der Waals surface area (Å²) in [5, 5.41) is 1.02. The molecule has 1 aromatic rings. The summed E-state index contributed by atoms with van der Waals surface area (Å²) >= 11 is 3.96. The third-order valence-corrected chi connectivity index (χ3v) is 5.47. The summed E-state index contributed by atoms with van der Waals surface area (Å²) in [5.41, 5.74) is 6.51. The van der Waals surface area contributed by atoms with Crippen molar-refractivity contribution in [3.63, 3.8) is 0 Å². The molecule has 0 aliphatic carbocycles. The van der Waals surface area contributed by atoms with Gasteiger partial charge in [0, 0.05) is 29.5 Å². The van der Waals surface area contributed by atoms with E-state index in [2.05, 4.69) is 16.9 Å². The Bertz CT molecular complexity index is 332. The molecule has 1 aromatic heterocycles. The molecule has 2 rings (SSSR count). The van der Waals surface area contributed by atoms with E-state index in [9.17, 15) is 0 Å². The van der Waals surface area contributed by atoms with Gasteiger partial charge < -0.3 is 5.73 Å². The van der Waals surface area contributed by atoms with Crippen molar-refractivity contribution >= 4 is 23.5 Å². The standard InChI is InChI=1S/C10H15N3S2/c1-7-9(15-5-4-14-7)10-12-3-2-8(6-11)13-10/h2-3,7,9H,4-6,11H2,1H3. The lowest BCUT2D eigenvalue weighted by atomic mass is 10.3. The second-order valence-electron chi connectivity index (χ2n) is 3.48. The number of hydrogen-bond donors (Lipinski definition) is 1. The smallest absolute Gasteiger partial charge is 0.142 e. The van der Waals surface area contributed by atoms with Gasteiger partial charge in [-0.1, -0.05) is 6.92 Å². The highest BCUT2D eigenvalue weighted by Crippen LogP contribution is 2.40. The van der Waals surface area contributed by atoms with E-state index in [-0.39, 0.29) is 0 Å². The lowest BCUT2D eigenvalue weighted by Gasteiger charge is -2.26. The molecule has 15 heavy (non-hydrogen) atoms. The molecule has 2 unspecified atom stereocenters. The van der Waals surface area contributed by atoms with E-state index < -0.39 is 0 Å². The predicted octanol–water partition coefficient (Wildman–Crippen LogP) is 1.84. The highest BCUT2D eigenvalue weighted by atomic mass is 32.2. The van der Waals surface area contributed by atoms with Crippen LogP contribution in [-0.2, 0) is 6.54 Å². The fourth-order valence-electron chi connectivity index (χ4n) is 1.58. The zero-order valence-electron chi connectivity index (χ0n) is 8.72. The average Bonchev–Trinajstić information content (AvgIpc) is 2.30. The highest BCUT2D eigenvalue weighted by molar-refractivity contribution is 8.06. The van der Waals surface area contributed by atoms with Crippen molar-refractivity contribution < 1.29 is 0 Å². The van der Waals surface area contributed by atoms with Gasteiger partial charge in [-0.05, 0) is 6.07 Å². The Balaban J connectivity index is 2.19. The largest absolute Gasteiger partial charge is 0.325 e. The molecule has 2 N–H and O–H groups in total. The molecule has 0 saturated carbocycles. The van der Waals surface area contributed by atoms with Gasteiger partial charge in [0.25, 0.3) is 0 Å². The van der Waals surface area contributed by atoms with Crippen molar-refractivity contribution in [3.8, 4) is 0 Å². The van der Waals surface area contributed by atoms with Crippen LogP contribution < -0.4 is 5.73 Å². The Kier molecular flexibility index (Phi) is 3.88. The molecule has 1 aliphatic rings. The molecule has 5 heteroatoms. The van der Waals surface area contributed by atoms with Crippen LogP contribution in [0, 0.1) is 0 Å². The molecule has 3 nitrogen and oxygen atoms in total. The molecule has 2 atom stereocenters. The molecule has 0 aromatic carbocycles. The summed E-state index contributed by atoms with van der Waals surface area (Å²) in [6, 6.07) is 1.88. The fraction of sp³-hybridized carbons (Fsp3) is 0.600. The third kappa shape index (κ3) is 2.65. The predicted molar refractivity (Wildman–Crippen MR) is 67.0 cm³/mol. The number of nitrogens with zero attached hydrogens (tertiary/aromatic N) is 2. The maximum atomic E-state index is 5.58. The van der Waals surface area contributed by atoms with Crippen molar-refractivity contribution in [1.29, 1.82) is 0 Å². The van der Waals surface area contributed by atoms with Crippen LogP contribution in [0.25, 0.3) is 0 Å². The minimum atomic E-state index is 0.426. The normalized spacial score (nSPS) is 26.5. The molecule has 1 aliphatic heterocycles. The van der Waals surface area contributed by atoms with E-state index in [1.165, 1.54) is 11.5 Å². The lowest BCUT2D eigenvalue weighted by Crippen LogP contribution is -2.18. The molecular formula is C10H15N3S2. The van der Waals surface area contributed by atoms with E-state index in [1.807, 2.05) is 35.8 Å². The van der Waals surface area contributed by atoms with E-state index >= 15 is 0 Å². The minimum absolute atomic E-state index is 0.426. The molecule has 0 amide bonds. The van der Waals surface area contributed by atoms with Crippen molar-refractivity contribution in [2.24, 2.45) is 5.73 Å². The maximum absolute atomic E-state index is 5.58. The van der Waals surface area contributed by atoms with Gasteiger partial charge >= 0.3 is 0 Å². The van der Waals surface area contributed by atoms with Crippen molar-refractivity contribution in [1.82, 2.24) is 9.97 Å². The van der Waals surface area contributed by atoms with Gasteiger partial charge in [-0.2, -0.15) is 11.8 Å². The second kappa shape index (κ2) is 5.18. The summed E-state index contributed by atoms with van der Waals surface area (Å²) in [6.45, 7) is 2.74. The van der Waals surface area contributed by atoms with Gasteiger partial charge in [-0.25, -0.2) is 9.97 Å². The molecule has 82 valence electrons. The monoisotopic (exact) mass is 241 g/mol. The Morgan fingerprint density at radius 1 is 1.47 bits per heavy atom. The van der Waals surface area contributed by atoms with Crippen molar-refractivity contribution in [3.05, 3.63) is 23.8 Å². The Labute approximate surface area is 98.6 Å². The molecule has 0 spiro atoms. The fourth-order valence-corrected chi connectivity index (χ4v) is 4.28. The topological polar surface area (TPSA) is 51.8 Å². The van der Waals surface area contributed by atoms with Gasteiger partial charge in [0.1, 0.15) is 5.82 Å². The number of nitrogens with two attached hydrogens (primary N) is 1. The van der Waals surface area contributed by atoms with E-state index in [1.54, 1.807) is 0 Å². The Morgan fingerprint density at radius 2 is 2.27 bits per heavy atom. The van der Waals surface area contributed by atoms with Crippen molar-refractivity contribution in [2.45, 2.75) is 24.0 Å². The van der Waals surface area contributed by atoms with Crippen LogP contribution in [0.4, 0.5) is 0 Å². The second-order valence-corrected chi connectivity index (χ2v) is 6.21. The number of thioether (sulfide) groups is 2. The summed E-state index contributed by atoms with van der Waals surface area (Å²) in [5.74, 6) is 3.37.